The van der Waals surface area contributed by atoms with E-state index in [1.807, 2.05) is 32.9 Å². The number of nitrogens with zero attached hydrogens (tertiary/aromatic N) is 2. The minimum atomic E-state index is -0.298. The fourth-order valence-electron chi connectivity index (χ4n) is 3.72. The Morgan fingerprint density at radius 3 is 2.20 bits per heavy atom. The number of carbonyl (C=O) groups is 3. The number of aryl methyl sites for hydroxylation is 3. The van der Waals surface area contributed by atoms with Crippen LogP contribution in [-0.2, 0) is 9.59 Å². The molecule has 6 heteroatoms. The fourth-order valence-corrected chi connectivity index (χ4v) is 3.72. The van der Waals surface area contributed by atoms with E-state index in [4.69, 9.17) is 0 Å². The quantitative estimate of drug-likeness (QED) is 0.794. The Hall–Kier alpha value is -3.15. The van der Waals surface area contributed by atoms with Gasteiger partial charge in [0.05, 0.1) is 17.8 Å². The first kappa shape index (κ1) is 21.6. The maximum absolute atomic E-state index is 13.1. The minimum Gasteiger partial charge on any atom is -0.332 e. The van der Waals surface area contributed by atoms with Gasteiger partial charge in [-0.3, -0.25) is 14.4 Å². The third-order valence-corrected chi connectivity index (χ3v) is 5.42. The smallest absolute Gasteiger partial charge is 0.256 e. The topological polar surface area (TPSA) is 69.7 Å². The van der Waals surface area contributed by atoms with Gasteiger partial charge in [0.15, 0.2) is 0 Å². The molecule has 1 fully saturated rings. The van der Waals surface area contributed by atoms with Gasteiger partial charge in [-0.15, -0.1) is 0 Å². The summed E-state index contributed by atoms with van der Waals surface area (Å²) in [4.78, 5) is 41.0. The van der Waals surface area contributed by atoms with Crippen LogP contribution in [0.5, 0.6) is 0 Å². The van der Waals surface area contributed by atoms with Crippen molar-refractivity contribution in [3.05, 3.63) is 58.7 Å². The lowest BCUT2D eigenvalue weighted by molar-refractivity contribution is -0.119. The van der Waals surface area contributed by atoms with Crippen molar-refractivity contribution in [2.45, 2.75) is 33.6 Å². The number of anilines is 2. The van der Waals surface area contributed by atoms with Crippen LogP contribution in [0.2, 0.25) is 0 Å². The second-order valence-electron chi connectivity index (χ2n) is 8.17. The summed E-state index contributed by atoms with van der Waals surface area (Å²) in [5.74, 6) is -0.474. The summed E-state index contributed by atoms with van der Waals surface area (Å²) in [5.41, 5.74) is 4.86. The summed E-state index contributed by atoms with van der Waals surface area (Å²) >= 11 is 0. The van der Waals surface area contributed by atoms with Gasteiger partial charge in [0.2, 0.25) is 11.8 Å². The molecule has 0 bridgehead atoms. The van der Waals surface area contributed by atoms with Crippen LogP contribution in [0.4, 0.5) is 11.4 Å². The number of benzene rings is 2. The highest BCUT2D eigenvalue weighted by atomic mass is 16.2. The van der Waals surface area contributed by atoms with Crippen LogP contribution in [0.25, 0.3) is 0 Å². The molecule has 1 saturated carbocycles. The third-order valence-electron chi connectivity index (χ3n) is 5.42. The Balaban J connectivity index is 1.72. The molecule has 158 valence electrons. The summed E-state index contributed by atoms with van der Waals surface area (Å²) in [7, 11) is 3.29. The molecule has 6 nitrogen and oxygen atoms in total. The van der Waals surface area contributed by atoms with Crippen molar-refractivity contribution < 1.29 is 14.4 Å². The molecule has 1 aliphatic rings. The van der Waals surface area contributed by atoms with Crippen LogP contribution in [0.3, 0.4) is 0 Å². The normalized spacial score (nSPS) is 13.0. The summed E-state index contributed by atoms with van der Waals surface area (Å²) in [5, 5.41) is 2.92. The van der Waals surface area contributed by atoms with Crippen LogP contribution in [0.15, 0.2) is 36.4 Å². The minimum absolute atomic E-state index is 0.0287. The Morgan fingerprint density at radius 2 is 1.60 bits per heavy atom. The SMILES string of the molecule is Cc1cc(C)c(NC(=O)CN(C)C(=O)c2ccccc2N(C)C(=O)C2CC2)c(C)c1. The van der Waals surface area contributed by atoms with E-state index in [0.29, 0.717) is 11.3 Å². The summed E-state index contributed by atoms with van der Waals surface area (Å²) < 4.78 is 0. The molecule has 1 N–H and O–H groups in total. The molecule has 0 unspecified atom stereocenters. The Labute approximate surface area is 177 Å². The van der Waals surface area contributed by atoms with Gasteiger partial charge in [-0.1, -0.05) is 29.8 Å². The number of para-hydroxylation sites is 1. The Kier molecular flexibility index (Phi) is 6.25. The number of amides is 3. The number of carbonyl (C=O) groups excluding carboxylic acids is 3. The first-order valence-corrected chi connectivity index (χ1v) is 10.2. The van der Waals surface area contributed by atoms with Crippen LogP contribution in [0.1, 0.15) is 39.9 Å². The van der Waals surface area contributed by atoms with E-state index in [1.165, 1.54) is 4.90 Å². The van der Waals surface area contributed by atoms with E-state index in [0.717, 1.165) is 35.2 Å². The van der Waals surface area contributed by atoms with Gasteiger partial charge in [0.1, 0.15) is 0 Å². The van der Waals surface area contributed by atoms with E-state index < -0.39 is 0 Å². The second-order valence-corrected chi connectivity index (χ2v) is 8.17. The summed E-state index contributed by atoms with van der Waals surface area (Å²) in [6, 6.07) is 11.1. The lowest BCUT2D eigenvalue weighted by atomic mass is 10.1. The zero-order valence-corrected chi connectivity index (χ0v) is 18.3. The molecule has 0 radical (unpaired) electrons. The second kappa shape index (κ2) is 8.69. The number of likely N-dealkylation sites (N-methyl/N-ethyl adjacent to an activating group) is 1. The van der Waals surface area contributed by atoms with Crippen molar-refractivity contribution >= 4 is 29.1 Å². The molecule has 2 aromatic rings. The fraction of sp³-hybridized carbons (Fsp3) is 0.375. The first-order valence-electron chi connectivity index (χ1n) is 10.2. The number of hydrogen-bond acceptors (Lipinski definition) is 3. The van der Waals surface area contributed by atoms with E-state index in [9.17, 15) is 14.4 Å². The molecule has 0 saturated heterocycles. The largest absolute Gasteiger partial charge is 0.332 e. The molecule has 0 heterocycles. The molecule has 0 aliphatic heterocycles. The van der Waals surface area contributed by atoms with E-state index in [-0.39, 0.29) is 30.2 Å². The molecule has 0 atom stereocenters. The molecule has 3 amide bonds. The lowest BCUT2D eigenvalue weighted by Gasteiger charge is -2.23. The number of hydrogen-bond donors (Lipinski definition) is 1. The zero-order valence-electron chi connectivity index (χ0n) is 18.3. The Bertz CT molecular complexity index is 972. The summed E-state index contributed by atoms with van der Waals surface area (Å²) in [6.07, 6.45) is 1.80. The maximum atomic E-state index is 13.1. The standard InChI is InChI=1S/C24H29N3O3/c1-15-12-16(2)22(17(3)13-15)25-21(28)14-26(4)24(30)19-8-6-7-9-20(19)27(5)23(29)18-10-11-18/h6-9,12-13,18H,10-11,14H2,1-5H3,(H,25,28). The van der Waals surface area contributed by atoms with Crippen molar-refractivity contribution in [1.29, 1.82) is 0 Å². The highest BCUT2D eigenvalue weighted by Crippen LogP contribution is 2.33. The van der Waals surface area contributed by atoms with Gasteiger partial charge in [0, 0.05) is 25.7 Å². The van der Waals surface area contributed by atoms with Gasteiger partial charge in [-0.2, -0.15) is 0 Å². The molecule has 3 rings (SSSR count). The van der Waals surface area contributed by atoms with Gasteiger partial charge < -0.3 is 15.1 Å². The van der Waals surface area contributed by atoms with Crippen LogP contribution < -0.4 is 10.2 Å². The zero-order chi connectivity index (χ0) is 22.0. The number of nitrogens with one attached hydrogen (secondary N) is 1. The monoisotopic (exact) mass is 407 g/mol. The predicted octanol–water partition coefficient (Wildman–Crippen LogP) is 3.70. The molecule has 0 spiro atoms. The van der Waals surface area contributed by atoms with E-state index in [1.54, 1.807) is 43.3 Å². The summed E-state index contributed by atoms with van der Waals surface area (Å²) in [6.45, 7) is 5.83. The third kappa shape index (κ3) is 4.70. The van der Waals surface area contributed by atoms with Crippen molar-refractivity contribution in [1.82, 2.24) is 4.90 Å². The first-order chi connectivity index (χ1) is 14.2. The lowest BCUT2D eigenvalue weighted by Crippen LogP contribution is -2.36. The van der Waals surface area contributed by atoms with Crippen molar-refractivity contribution in [3.8, 4) is 0 Å². The van der Waals surface area contributed by atoms with Crippen molar-refractivity contribution in [2.24, 2.45) is 5.92 Å². The highest BCUT2D eigenvalue weighted by Gasteiger charge is 2.33. The van der Waals surface area contributed by atoms with Gasteiger partial charge in [0.25, 0.3) is 5.91 Å². The van der Waals surface area contributed by atoms with Gasteiger partial charge in [-0.25, -0.2) is 0 Å². The average molecular weight is 408 g/mol. The molecule has 2 aromatic carbocycles. The van der Waals surface area contributed by atoms with Gasteiger partial charge in [-0.05, 0) is 56.9 Å². The Morgan fingerprint density at radius 1 is 1.00 bits per heavy atom. The van der Waals surface area contributed by atoms with Crippen LogP contribution >= 0.6 is 0 Å². The average Bonchev–Trinajstić information content (AvgIpc) is 3.54. The molecular formula is C24H29N3O3. The molecular weight excluding hydrogens is 378 g/mol. The number of rotatable bonds is 6. The van der Waals surface area contributed by atoms with Crippen LogP contribution in [0, 0.1) is 26.7 Å². The van der Waals surface area contributed by atoms with Crippen molar-refractivity contribution in [2.75, 3.05) is 30.9 Å². The predicted molar refractivity (Wildman–Crippen MR) is 119 cm³/mol. The van der Waals surface area contributed by atoms with E-state index >= 15 is 0 Å². The highest BCUT2D eigenvalue weighted by molar-refractivity contribution is 6.06. The molecule has 0 aromatic heterocycles. The molecule has 1 aliphatic carbocycles. The molecule has 30 heavy (non-hydrogen) atoms. The van der Waals surface area contributed by atoms with E-state index in [2.05, 4.69) is 5.32 Å². The van der Waals surface area contributed by atoms with Crippen molar-refractivity contribution in [3.63, 3.8) is 0 Å². The van der Waals surface area contributed by atoms with Gasteiger partial charge >= 0.3 is 0 Å². The maximum Gasteiger partial charge on any atom is 0.256 e. The van der Waals surface area contributed by atoms with Crippen LogP contribution in [-0.4, -0.2) is 43.3 Å².